The van der Waals surface area contributed by atoms with E-state index in [2.05, 4.69) is 0 Å². The minimum Gasteiger partial charge on any atom is -0.370 e. The van der Waals surface area contributed by atoms with Crippen molar-refractivity contribution in [1.82, 2.24) is 4.90 Å². The van der Waals surface area contributed by atoms with Gasteiger partial charge in [0.25, 0.3) is 5.91 Å². The Labute approximate surface area is 187 Å². The molecule has 2 N–H and O–H groups in total. The number of piperidine rings is 1. The molecule has 2 aliphatic heterocycles. The Morgan fingerprint density at radius 2 is 1.94 bits per heavy atom. The maximum Gasteiger partial charge on any atom is 0.417 e. The zero-order valence-electron chi connectivity index (χ0n) is 17.1. The Kier molecular flexibility index (Phi) is 5.63. The molecule has 1 unspecified atom stereocenters. The summed E-state index contributed by atoms with van der Waals surface area (Å²) in [5.41, 5.74) is 4.67. The number of hydrogen-bond acceptors (Lipinski definition) is 5. The van der Waals surface area contributed by atoms with Crippen LogP contribution in [0.25, 0.3) is 0 Å². The van der Waals surface area contributed by atoms with Gasteiger partial charge in [-0.2, -0.15) is 29.8 Å². The fourth-order valence-electron chi connectivity index (χ4n) is 4.85. The highest BCUT2D eigenvalue weighted by Crippen LogP contribution is 2.47. The summed E-state index contributed by atoms with van der Waals surface area (Å²) in [7, 11) is 0. The van der Waals surface area contributed by atoms with Crippen molar-refractivity contribution in [3.63, 3.8) is 0 Å². The van der Waals surface area contributed by atoms with Gasteiger partial charge < -0.3 is 15.5 Å². The second-order valence-electron chi connectivity index (χ2n) is 8.34. The molecule has 4 rings (SSSR count). The number of rotatable bonds is 3. The maximum atomic E-state index is 13.4. The van der Waals surface area contributed by atoms with E-state index < -0.39 is 34.5 Å². The number of alkyl halides is 3. The molecule has 168 valence electrons. The topological polar surface area (TPSA) is 90.4 Å². The third-order valence-corrected chi connectivity index (χ3v) is 7.28. The number of halogens is 3. The molecule has 0 bridgehead atoms. The van der Waals surface area contributed by atoms with Crippen molar-refractivity contribution in [3.8, 4) is 6.07 Å². The second kappa shape index (κ2) is 8.13. The molecule has 2 fully saturated rings. The molecule has 10 heteroatoms. The van der Waals surface area contributed by atoms with Gasteiger partial charge in [-0.25, -0.2) is 0 Å². The van der Waals surface area contributed by atoms with Crippen LogP contribution in [0.2, 0.25) is 0 Å². The van der Waals surface area contributed by atoms with Gasteiger partial charge in [0.2, 0.25) is 5.91 Å². The first-order chi connectivity index (χ1) is 15.1. The third-order valence-electron chi connectivity index (χ3n) is 6.60. The molecule has 2 aromatic rings. The average Bonchev–Trinajstić information content (AvgIpc) is 3.41. The molecule has 2 amide bonds. The largest absolute Gasteiger partial charge is 0.417 e. The second-order valence-corrected chi connectivity index (χ2v) is 9.12. The van der Waals surface area contributed by atoms with Crippen molar-refractivity contribution in [2.45, 2.75) is 19.0 Å². The summed E-state index contributed by atoms with van der Waals surface area (Å²) < 4.78 is 40.2. The Bertz CT molecular complexity index is 1070. The summed E-state index contributed by atoms with van der Waals surface area (Å²) in [6.45, 7) is 1.47. The molecule has 1 spiro atoms. The Hall–Kier alpha value is -3.06. The number of amides is 2. The van der Waals surface area contributed by atoms with E-state index in [4.69, 9.17) is 11.0 Å². The molecule has 1 aromatic carbocycles. The predicted octanol–water partition coefficient (Wildman–Crippen LogP) is 3.48. The Balaban J connectivity index is 1.56. The fourth-order valence-corrected chi connectivity index (χ4v) is 5.48. The van der Waals surface area contributed by atoms with Crippen LogP contribution >= 0.6 is 11.3 Å². The van der Waals surface area contributed by atoms with Gasteiger partial charge in [-0.3, -0.25) is 9.59 Å². The average molecular weight is 462 g/mol. The molecular formula is C22H21F3N4O2S. The normalized spacial score (nSPS) is 20.4. The van der Waals surface area contributed by atoms with Gasteiger partial charge in [-0.15, -0.1) is 0 Å². The number of thiophene rings is 1. The monoisotopic (exact) mass is 462 g/mol. The van der Waals surface area contributed by atoms with Gasteiger partial charge in [0.1, 0.15) is 0 Å². The lowest BCUT2D eigenvalue weighted by atomic mass is 9.70. The van der Waals surface area contributed by atoms with Crippen molar-refractivity contribution in [1.29, 1.82) is 5.26 Å². The number of carbonyl (C=O) groups is 2. The summed E-state index contributed by atoms with van der Waals surface area (Å²) in [6, 6.07) is 6.94. The van der Waals surface area contributed by atoms with Crippen LogP contribution in [0.15, 0.2) is 35.0 Å². The lowest BCUT2D eigenvalue weighted by molar-refractivity contribution is -0.137. The van der Waals surface area contributed by atoms with Gasteiger partial charge in [0, 0.05) is 42.7 Å². The van der Waals surface area contributed by atoms with Crippen molar-refractivity contribution < 1.29 is 22.8 Å². The van der Waals surface area contributed by atoms with Crippen LogP contribution in [0.4, 0.5) is 18.9 Å². The van der Waals surface area contributed by atoms with E-state index in [0.717, 1.165) is 12.1 Å². The van der Waals surface area contributed by atoms with Crippen molar-refractivity contribution in [2.24, 2.45) is 17.1 Å². The summed E-state index contributed by atoms with van der Waals surface area (Å²) in [6.07, 6.45) is -3.58. The number of carbonyl (C=O) groups excluding carboxylic acids is 2. The van der Waals surface area contributed by atoms with Gasteiger partial charge in [-0.1, -0.05) is 0 Å². The molecule has 2 saturated heterocycles. The van der Waals surface area contributed by atoms with Crippen LogP contribution in [0.5, 0.6) is 0 Å². The molecule has 1 aromatic heterocycles. The van der Waals surface area contributed by atoms with Gasteiger partial charge in [0.15, 0.2) is 0 Å². The summed E-state index contributed by atoms with van der Waals surface area (Å²) in [5.74, 6) is -1.09. The van der Waals surface area contributed by atoms with Crippen LogP contribution in [0.3, 0.4) is 0 Å². The zero-order chi connectivity index (χ0) is 23.1. The van der Waals surface area contributed by atoms with Gasteiger partial charge in [-0.05, 0) is 42.5 Å². The number of nitrogens with zero attached hydrogens (tertiary/aromatic N) is 3. The number of benzene rings is 1. The number of primary amides is 1. The SMILES string of the molecule is N#Cc1ccc(N2CC(C(N)=O)C3(CCN(C(=O)c4ccsc4)CC3)C2)cc1C(F)(F)F. The van der Waals surface area contributed by atoms with Crippen LogP contribution in [-0.2, 0) is 11.0 Å². The first-order valence-electron chi connectivity index (χ1n) is 10.1. The number of anilines is 1. The smallest absolute Gasteiger partial charge is 0.370 e. The van der Waals surface area contributed by atoms with E-state index in [1.165, 1.54) is 17.4 Å². The van der Waals surface area contributed by atoms with E-state index in [0.29, 0.717) is 43.7 Å². The van der Waals surface area contributed by atoms with E-state index >= 15 is 0 Å². The molecule has 6 nitrogen and oxygen atoms in total. The van der Waals surface area contributed by atoms with E-state index in [-0.39, 0.29) is 12.5 Å². The number of hydrogen-bond donors (Lipinski definition) is 1. The molecule has 32 heavy (non-hydrogen) atoms. The highest BCUT2D eigenvalue weighted by atomic mass is 32.1. The molecule has 2 aliphatic rings. The van der Waals surface area contributed by atoms with Crippen LogP contribution in [0, 0.1) is 22.7 Å². The molecule has 0 saturated carbocycles. The van der Waals surface area contributed by atoms with Gasteiger partial charge >= 0.3 is 6.18 Å². The van der Waals surface area contributed by atoms with Crippen molar-refractivity contribution >= 4 is 28.8 Å². The van der Waals surface area contributed by atoms with Crippen LogP contribution < -0.4 is 10.6 Å². The number of likely N-dealkylation sites (tertiary alicyclic amines) is 1. The zero-order valence-corrected chi connectivity index (χ0v) is 17.9. The number of nitriles is 1. The summed E-state index contributed by atoms with van der Waals surface area (Å²) in [4.78, 5) is 28.4. The van der Waals surface area contributed by atoms with E-state index in [1.54, 1.807) is 27.3 Å². The first kappa shape index (κ1) is 22.1. The maximum absolute atomic E-state index is 13.4. The molecule has 0 aliphatic carbocycles. The lowest BCUT2D eigenvalue weighted by Gasteiger charge is -2.41. The van der Waals surface area contributed by atoms with Crippen molar-refractivity contribution in [2.75, 3.05) is 31.1 Å². The minimum absolute atomic E-state index is 0.0616. The van der Waals surface area contributed by atoms with Gasteiger partial charge in [0.05, 0.1) is 28.7 Å². The van der Waals surface area contributed by atoms with E-state index in [1.807, 2.05) is 5.38 Å². The quantitative estimate of drug-likeness (QED) is 0.756. The fraction of sp³-hybridized carbons (Fsp3) is 0.409. The molecule has 0 radical (unpaired) electrons. The molecule has 3 heterocycles. The Morgan fingerprint density at radius 3 is 2.50 bits per heavy atom. The number of nitrogens with two attached hydrogens (primary N) is 1. The summed E-state index contributed by atoms with van der Waals surface area (Å²) >= 11 is 1.44. The lowest BCUT2D eigenvalue weighted by Crippen LogP contribution is -2.49. The van der Waals surface area contributed by atoms with Crippen molar-refractivity contribution in [3.05, 3.63) is 51.7 Å². The Morgan fingerprint density at radius 1 is 1.22 bits per heavy atom. The molecule has 1 atom stereocenters. The van der Waals surface area contributed by atoms with Crippen LogP contribution in [-0.4, -0.2) is 42.9 Å². The highest BCUT2D eigenvalue weighted by Gasteiger charge is 2.51. The third kappa shape index (κ3) is 3.93. The summed E-state index contributed by atoms with van der Waals surface area (Å²) in [5, 5.41) is 12.7. The molecular weight excluding hydrogens is 441 g/mol. The van der Waals surface area contributed by atoms with E-state index in [9.17, 15) is 22.8 Å². The predicted molar refractivity (Wildman–Crippen MR) is 113 cm³/mol. The van der Waals surface area contributed by atoms with Crippen LogP contribution in [0.1, 0.15) is 34.3 Å². The standard InChI is InChI=1S/C22H21F3N4O2S/c23-22(24,25)17-9-16(2-1-14(17)10-26)29-11-18(19(27)30)21(13-29)4-6-28(7-5-21)20(31)15-3-8-32-12-15/h1-3,8-9,12,18H,4-7,11,13H2,(H2,27,30). The first-order valence-corrected chi connectivity index (χ1v) is 11.1. The minimum atomic E-state index is -4.66. The highest BCUT2D eigenvalue weighted by molar-refractivity contribution is 7.08.